The predicted octanol–water partition coefficient (Wildman–Crippen LogP) is 3.69. The van der Waals surface area contributed by atoms with Crippen molar-refractivity contribution in [3.63, 3.8) is 0 Å². The number of imidazole rings is 1. The van der Waals surface area contributed by atoms with Crippen LogP contribution in [0, 0.1) is 12.8 Å². The van der Waals surface area contributed by atoms with Gasteiger partial charge in [-0.1, -0.05) is 22.9 Å². The molecule has 0 amide bonds. The first-order valence-electron chi connectivity index (χ1n) is 6.52. The largest absolute Gasteiger partial charge is 0.341 e. The maximum atomic E-state index is 4.77. The Bertz CT molecular complexity index is 576. The molecule has 2 N–H and O–H groups in total. The molecule has 0 spiro atoms. The van der Waals surface area contributed by atoms with E-state index in [-0.39, 0.29) is 0 Å². The Labute approximate surface area is 116 Å². The van der Waals surface area contributed by atoms with Crippen molar-refractivity contribution < 1.29 is 0 Å². The van der Waals surface area contributed by atoms with Gasteiger partial charge in [-0.25, -0.2) is 4.98 Å². The quantitative estimate of drug-likeness (QED) is 0.843. The molecule has 3 rings (SSSR count). The van der Waals surface area contributed by atoms with Crippen molar-refractivity contribution in [3.05, 3.63) is 28.0 Å². The third kappa shape index (κ3) is 2.19. The molecule has 2 atom stereocenters. The Morgan fingerprint density at radius 2 is 2.22 bits per heavy atom. The van der Waals surface area contributed by atoms with Crippen molar-refractivity contribution in [2.45, 2.75) is 32.7 Å². The minimum Gasteiger partial charge on any atom is -0.341 e. The molecule has 1 aromatic heterocycles. The fraction of sp³-hybridized carbons (Fsp3) is 0.500. The molecule has 96 valence electrons. The Morgan fingerprint density at radius 1 is 1.39 bits per heavy atom. The maximum Gasteiger partial charge on any atom is 0.124 e. The zero-order valence-corrected chi connectivity index (χ0v) is 12.3. The van der Waals surface area contributed by atoms with Crippen LogP contribution >= 0.6 is 15.9 Å². The summed E-state index contributed by atoms with van der Waals surface area (Å²) < 4.78 is 1.10. The number of piperidine rings is 1. The lowest BCUT2D eigenvalue weighted by Crippen LogP contribution is -2.31. The summed E-state index contributed by atoms with van der Waals surface area (Å²) in [4.78, 5) is 8.24. The average Bonchev–Trinajstić information content (AvgIpc) is 2.73. The van der Waals surface area contributed by atoms with Gasteiger partial charge in [0.2, 0.25) is 0 Å². The number of hydrogen-bond acceptors (Lipinski definition) is 2. The van der Waals surface area contributed by atoms with Crippen molar-refractivity contribution in [2.75, 3.05) is 6.54 Å². The van der Waals surface area contributed by atoms with Gasteiger partial charge in [0.1, 0.15) is 5.82 Å². The summed E-state index contributed by atoms with van der Waals surface area (Å²) in [5, 5.41) is 3.56. The summed E-state index contributed by atoms with van der Waals surface area (Å²) in [5.74, 6) is 1.86. The number of aromatic nitrogens is 2. The van der Waals surface area contributed by atoms with Gasteiger partial charge in [-0.3, -0.25) is 0 Å². The van der Waals surface area contributed by atoms with Crippen LogP contribution in [0.5, 0.6) is 0 Å². The zero-order chi connectivity index (χ0) is 12.7. The van der Waals surface area contributed by atoms with Crippen LogP contribution in [0.25, 0.3) is 11.0 Å². The lowest BCUT2D eigenvalue weighted by Gasteiger charge is -2.26. The van der Waals surface area contributed by atoms with Crippen molar-refractivity contribution in [1.29, 1.82) is 0 Å². The summed E-state index contributed by atoms with van der Waals surface area (Å²) in [7, 11) is 0. The predicted molar refractivity (Wildman–Crippen MR) is 77.7 cm³/mol. The lowest BCUT2D eigenvalue weighted by atomic mass is 9.94. The van der Waals surface area contributed by atoms with E-state index in [2.05, 4.69) is 52.2 Å². The normalized spacial score (nSPS) is 24.6. The van der Waals surface area contributed by atoms with E-state index in [1.807, 2.05) is 0 Å². The number of rotatable bonds is 1. The molecular formula is C14H18BrN3. The van der Waals surface area contributed by atoms with Gasteiger partial charge in [0, 0.05) is 4.47 Å². The third-order valence-corrected chi connectivity index (χ3v) is 4.21. The average molecular weight is 308 g/mol. The Morgan fingerprint density at radius 3 is 3.00 bits per heavy atom. The Hall–Kier alpha value is -0.870. The van der Waals surface area contributed by atoms with E-state index in [0.717, 1.165) is 33.8 Å². The van der Waals surface area contributed by atoms with Crippen molar-refractivity contribution >= 4 is 27.0 Å². The topological polar surface area (TPSA) is 40.7 Å². The fourth-order valence-corrected chi connectivity index (χ4v) is 3.32. The summed E-state index contributed by atoms with van der Waals surface area (Å²) in [5.41, 5.74) is 3.43. The zero-order valence-electron chi connectivity index (χ0n) is 10.8. The van der Waals surface area contributed by atoms with E-state index in [1.165, 1.54) is 18.4 Å². The highest BCUT2D eigenvalue weighted by atomic mass is 79.9. The molecule has 1 fully saturated rings. The second kappa shape index (κ2) is 4.67. The molecule has 1 aliphatic rings. The molecule has 2 heterocycles. The molecule has 1 aliphatic heterocycles. The van der Waals surface area contributed by atoms with Gasteiger partial charge in [-0.15, -0.1) is 0 Å². The molecule has 0 saturated carbocycles. The second-order valence-electron chi connectivity index (χ2n) is 5.38. The Balaban J connectivity index is 2.00. The number of hydrogen-bond donors (Lipinski definition) is 2. The third-order valence-electron chi connectivity index (χ3n) is 3.76. The number of nitrogens with zero attached hydrogens (tertiary/aromatic N) is 1. The van der Waals surface area contributed by atoms with Crippen molar-refractivity contribution in [3.8, 4) is 0 Å². The van der Waals surface area contributed by atoms with Crippen molar-refractivity contribution in [2.24, 2.45) is 5.92 Å². The first kappa shape index (κ1) is 12.2. The van der Waals surface area contributed by atoms with E-state index in [0.29, 0.717) is 6.04 Å². The molecule has 0 bridgehead atoms. The van der Waals surface area contributed by atoms with Crippen LogP contribution in [0.2, 0.25) is 0 Å². The van der Waals surface area contributed by atoms with Gasteiger partial charge in [-0.05, 0) is 49.9 Å². The summed E-state index contributed by atoms with van der Waals surface area (Å²) >= 11 is 3.53. The smallest absolute Gasteiger partial charge is 0.124 e. The maximum absolute atomic E-state index is 4.77. The molecule has 2 unspecified atom stereocenters. The van der Waals surface area contributed by atoms with Gasteiger partial charge in [0.05, 0.1) is 17.1 Å². The molecule has 1 saturated heterocycles. The number of aromatic amines is 1. The molecule has 0 radical (unpaired) electrons. The SMILES string of the molecule is Cc1cc(Br)cc2[nH]c(C3CC(C)CCN3)nc12. The number of aryl methyl sites for hydroxylation is 1. The number of halogens is 1. The fourth-order valence-electron chi connectivity index (χ4n) is 2.75. The summed E-state index contributed by atoms with van der Waals surface area (Å²) in [6, 6.07) is 4.59. The standard InChI is InChI=1S/C14H18BrN3/c1-8-3-4-16-12(5-8)14-17-11-7-10(15)6-9(2)13(11)18-14/h6-8,12,16H,3-5H2,1-2H3,(H,17,18). The van der Waals surface area contributed by atoms with E-state index in [1.54, 1.807) is 0 Å². The van der Waals surface area contributed by atoms with Crippen LogP contribution in [-0.2, 0) is 0 Å². The summed E-state index contributed by atoms with van der Waals surface area (Å²) in [6.45, 7) is 5.51. The monoisotopic (exact) mass is 307 g/mol. The minimum absolute atomic E-state index is 0.374. The van der Waals surface area contributed by atoms with Crippen LogP contribution < -0.4 is 5.32 Å². The molecular weight excluding hydrogens is 290 g/mol. The molecule has 18 heavy (non-hydrogen) atoms. The Kier molecular flexibility index (Phi) is 3.16. The molecule has 4 heteroatoms. The first-order valence-corrected chi connectivity index (χ1v) is 7.32. The highest BCUT2D eigenvalue weighted by Crippen LogP contribution is 2.28. The molecule has 1 aromatic carbocycles. The number of nitrogens with one attached hydrogen (secondary N) is 2. The van der Waals surface area contributed by atoms with Gasteiger partial charge in [-0.2, -0.15) is 0 Å². The highest BCUT2D eigenvalue weighted by Gasteiger charge is 2.22. The van der Waals surface area contributed by atoms with Crippen LogP contribution in [0.1, 0.15) is 37.2 Å². The minimum atomic E-state index is 0.374. The number of fused-ring (bicyclic) bond motifs is 1. The van der Waals surface area contributed by atoms with Crippen LogP contribution in [0.3, 0.4) is 0 Å². The van der Waals surface area contributed by atoms with Gasteiger partial charge < -0.3 is 10.3 Å². The molecule has 0 aliphatic carbocycles. The van der Waals surface area contributed by atoms with Gasteiger partial charge >= 0.3 is 0 Å². The van der Waals surface area contributed by atoms with Gasteiger partial charge in [0.25, 0.3) is 0 Å². The van der Waals surface area contributed by atoms with E-state index in [9.17, 15) is 0 Å². The van der Waals surface area contributed by atoms with Crippen LogP contribution in [-0.4, -0.2) is 16.5 Å². The lowest BCUT2D eigenvalue weighted by molar-refractivity contribution is 0.317. The van der Waals surface area contributed by atoms with E-state index in [4.69, 9.17) is 4.98 Å². The van der Waals surface area contributed by atoms with Crippen LogP contribution in [0.15, 0.2) is 16.6 Å². The van der Waals surface area contributed by atoms with Gasteiger partial charge in [0.15, 0.2) is 0 Å². The van der Waals surface area contributed by atoms with Crippen molar-refractivity contribution in [1.82, 2.24) is 15.3 Å². The highest BCUT2D eigenvalue weighted by molar-refractivity contribution is 9.10. The number of benzene rings is 1. The second-order valence-corrected chi connectivity index (χ2v) is 6.29. The molecule has 3 nitrogen and oxygen atoms in total. The van der Waals surface area contributed by atoms with Crippen LogP contribution in [0.4, 0.5) is 0 Å². The van der Waals surface area contributed by atoms with E-state index < -0.39 is 0 Å². The molecule has 2 aromatic rings. The summed E-state index contributed by atoms with van der Waals surface area (Å²) in [6.07, 6.45) is 2.43. The van der Waals surface area contributed by atoms with E-state index >= 15 is 0 Å². The first-order chi connectivity index (χ1) is 8.63. The number of H-pyrrole nitrogens is 1.